The van der Waals surface area contributed by atoms with E-state index in [0.29, 0.717) is 17.6 Å². The molecule has 0 aromatic heterocycles. The van der Waals surface area contributed by atoms with E-state index in [1.807, 2.05) is 39.0 Å². The normalized spacial score (nSPS) is 29.8. The number of allylic oxidation sites excluding steroid dienone is 3. The van der Waals surface area contributed by atoms with E-state index in [-0.39, 0.29) is 4.90 Å². The zero-order valence-corrected chi connectivity index (χ0v) is 16.4. The molecule has 0 saturated heterocycles. The van der Waals surface area contributed by atoms with Gasteiger partial charge in [0.25, 0.3) is 0 Å². The Hall–Kier alpha value is -1.88. The van der Waals surface area contributed by atoms with Crippen molar-refractivity contribution < 1.29 is 17.9 Å². The Balaban J connectivity index is 2.51. The summed E-state index contributed by atoms with van der Waals surface area (Å²) >= 11 is 0. The number of aryl methyl sites for hydroxylation is 2. The summed E-state index contributed by atoms with van der Waals surface area (Å²) in [7, 11) is -2.73. The van der Waals surface area contributed by atoms with Gasteiger partial charge in [-0.05, 0) is 50.8 Å². The number of hydrogen-bond acceptors (Lipinski definition) is 4. The molecular formula is C20H24O4S. The molecule has 1 heterocycles. The molecule has 2 aliphatic rings. The minimum Gasteiger partial charge on any atom is -0.468 e. The SMILES string of the molecule is COC(=O)[C@@]12C(C)=CC(C)=C[C@]1(C)Cc1cc(C)cc(C)c1S2(=O)=O. The lowest BCUT2D eigenvalue weighted by molar-refractivity contribution is -0.145. The molecule has 0 bridgehead atoms. The molecule has 0 saturated carbocycles. The number of fused-ring (bicyclic) bond motifs is 2. The summed E-state index contributed by atoms with van der Waals surface area (Å²) in [5, 5.41) is 0. The number of hydrogen-bond donors (Lipinski definition) is 0. The van der Waals surface area contributed by atoms with Crippen LogP contribution in [-0.2, 0) is 25.8 Å². The number of benzene rings is 1. The lowest BCUT2D eigenvalue weighted by Crippen LogP contribution is -2.63. The Morgan fingerprint density at radius 3 is 2.40 bits per heavy atom. The molecule has 134 valence electrons. The third-order valence-electron chi connectivity index (χ3n) is 5.55. The highest BCUT2D eigenvalue weighted by Gasteiger charge is 2.68. The first-order valence-corrected chi connectivity index (χ1v) is 9.81. The van der Waals surface area contributed by atoms with Gasteiger partial charge in [0.05, 0.1) is 12.0 Å². The summed E-state index contributed by atoms with van der Waals surface area (Å²) < 4.78 is 31.0. The van der Waals surface area contributed by atoms with Gasteiger partial charge < -0.3 is 4.74 Å². The van der Waals surface area contributed by atoms with Crippen LogP contribution in [0.25, 0.3) is 0 Å². The van der Waals surface area contributed by atoms with Crippen molar-refractivity contribution in [1.82, 2.24) is 0 Å². The number of ether oxygens (including phenoxy) is 1. The van der Waals surface area contributed by atoms with Gasteiger partial charge in [0, 0.05) is 5.41 Å². The third kappa shape index (κ3) is 2.05. The number of rotatable bonds is 1. The molecule has 4 nitrogen and oxygen atoms in total. The molecule has 1 aliphatic heterocycles. The average Bonchev–Trinajstić information content (AvgIpc) is 2.43. The fourth-order valence-electron chi connectivity index (χ4n) is 4.99. The minimum absolute atomic E-state index is 0.279. The highest BCUT2D eigenvalue weighted by Crippen LogP contribution is 2.57. The summed E-state index contributed by atoms with van der Waals surface area (Å²) in [6, 6.07) is 3.77. The highest BCUT2D eigenvalue weighted by molar-refractivity contribution is 7.94. The predicted molar refractivity (Wildman–Crippen MR) is 97.2 cm³/mol. The van der Waals surface area contributed by atoms with E-state index in [4.69, 9.17) is 4.74 Å². The molecule has 0 unspecified atom stereocenters. The number of carbonyl (C=O) groups is 1. The summed E-state index contributed by atoms with van der Waals surface area (Å²) in [6.45, 7) is 9.25. The van der Waals surface area contributed by atoms with Crippen LogP contribution in [0.1, 0.15) is 37.5 Å². The van der Waals surface area contributed by atoms with Crippen molar-refractivity contribution in [3.05, 3.63) is 52.1 Å². The Morgan fingerprint density at radius 2 is 1.80 bits per heavy atom. The van der Waals surface area contributed by atoms with Crippen LogP contribution in [0.3, 0.4) is 0 Å². The van der Waals surface area contributed by atoms with Gasteiger partial charge in [0.1, 0.15) is 0 Å². The van der Waals surface area contributed by atoms with Crippen LogP contribution in [0.4, 0.5) is 0 Å². The van der Waals surface area contributed by atoms with Crippen LogP contribution in [0.15, 0.2) is 40.3 Å². The maximum Gasteiger partial charge on any atom is 0.332 e. The quantitative estimate of drug-likeness (QED) is 0.720. The standard InChI is InChI=1S/C20H24O4S/c1-12-7-14(3)17-16(9-12)11-19(5)10-13(2)8-15(4)20(19,18(21)24-6)25(17,22)23/h7-10H,11H2,1-6H3/t19-,20+/m1/s1. The Bertz CT molecular complexity index is 952. The van der Waals surface area contributed by atoms with Crippen molar-refractivity contribution in [2.24, 2.45) is 5.41 Å². The summed E-state index contributed by atoms with van der Waals surface area (Å²) in [5.41, 5.74) is 3.06. The van der Waals surface area contributed by atoms with Gasteiger partial charge in [-0.3, -0.25) is 0 Å². The molecule has 5 heteroatoms. The molecular weight excluding hydrogens is 336 g/mol. The first kappa shape index (κ1) is 17.9. The summed E-state index contributed by atoms with van der Waals surface area (Å²) in [5.74, 6) is -0.710. The van der Waals surface area contributed by atoms with E-state index >= 15 is 0 Å². The van der Waals surface area contributed by atoms with Crippen LogP contribution < -0.4 is 0 Å². The van der Waals surface area contributed by atoms with Crippen LogP contribution in [0.2, 0.25) is 0 Å². The Morgan fingerprint density at radius 1 is 1.16 bits per heavy atom. The van der Waals surface area contributed by atoms with Crippen molar-refractivity contribution in [2.45, 2.75) is 50.7 Å². The molecule has 0 N–H and O–H groups in total. The van der Waals surface area contributed by atoms with Gasteiger partial charge in [-0.1, -0.05) is 42.3 Å². The van der Waals surface area contributed by atoms with Crippen molar-refractivity contribution in [3.8, 4) is 0 Å². The lowest BCUT2D eigenvalue weighted by Gasteiger charge is -2.50. The van der Waals surface area contributed by atoms with Crippen LogP contribution in [0.5, 0.6) is 0 Å². The Labute approximate surface area is 149 Å². The van der Waals surface area contributed by atoms with Gasteiger partial charge in [0.2, 0.25) is 4.75 Å². The van der Waals surface area contributed by atoms with Crippen molar-refractivity contribution in [3.63, 3.8) is 0 Å². The number of methoxy groups -OCH3 is 1. The van der Waals surface area contributed by atoms with Crippen LogP contribution in [-0.4, -0.2) is 26.2 Å². The van der Waals surface area contributed by atoms with E-state index in [0.717, 1.165) is 16.7 Å². The Kier molecular flexibility index (Phi) is 3.81. The summed E-state index contributed by atoms with van der Waals surface area (Å²) in [6.07, 6.45) is 4.17. The number of esters is 1. The average molecular weight is 360 g/mol. The monoisotopic (exact) mass is 360 g/mol. The van der Waals surface area contributed by atoms with Gasteiger partial charge in [-0.15, -0.1) is 0 Å². The molecule has 0 fully saturated rings. The highest BCUT2D eigenvalue weighted by atomic mass is 32.2. The molecule has 0 spiro atoms. The van der Waals surface area contributed by atoms with Gasteiger partial charge in [-0.25, -0.2) is 13.2 Å². The van der Waals surface area contributed by atoms with E-state index in [1.165, 1.54) is 7.11 Å². The van der Waals surface area contributed by atoms with Gasteiger partial charge in [0.15, 0.2) is 9.84 Å². The molecule has 25 heavy (non-hydrogen) atoms. The van der Waals surface area contributed by atoms with Gasteiger partial charge in [-0.2, -0.15) is 0 Å². The van der Waals surface area contributed by atoms with E-state index in [1.54, 1.807) is 19.9 Å². The maximum absolute atomic E-state index is 13.8. The molecule has 3 rings (SSSR count). The fraction of sp³-hybridized carbons (Fsp3) is 0.450. The largest absolute Gasteiger partial charge is 0.468 e. The van der Waals surface area contributed by atoms with E-state index < -0.39 is 26.0 Å². The fourth-order valence-corrected chi connectivity index (χ4v) is 7.78. The molecule has 1 aliphatic carbocycles. The molecule has 1 aromatic carbocycles. The zero-order chi connectivity index (χ0) is 18.8. The minimum atomic E-state index is -3.98. The molecule has 0 amide bonds. The van der Waals surface area contributed by atoms with Crippen molar-refractivity contribution in [1.29, 1.82) is 0 Å². The number of carbonyl (C=O) groups excluding carboxylic acids is 1. The third-order valence-corrected chi connectivity index (χ3v) is 8.43. The second-order valence-electron chi connectivity index (χ2n) is 7.56. The van der Waals surface area contributed by atoms with Crippen LogP contribution >= 0.6 is 0 Å². The van der Waals surface area contributed by atoms with Crippen molar-refractivity contribution in [2.75, 3.05) is 7.11 Å². The van der Waals surface area contributed by atoms with Crippen LogP contribution in [0, 0.1) is 19.3 Å². The molecule has 0 radical (unpaired) electrons. The topological polar surface area (TPSA) is 60.4 Å². The van der Waals surface area contributed by atoms with Gasteiger partial charge >= 0.3 is 5.97 Å². The zero-order valence-electron chi connectivity index (χ0n) is 15.6. The summed E-state index contributed by atoms with van der Waals surface area (Å²) in [4.78, 5) is 13.3. The second kappa shape index (κ2) is 5.31. The maximum atomic E-state index is 13.8. The predicted octanol–water partition coefficient (Wildman–Crippen LogP) is 3.46. The molecule has 1 aromatic rings. The smallest absolute Gasteiger partial charge is 0.332 e. The first-order valence-electron chi connectivity index (χ1n) is 8.32. The van der Waals surface area contributed by atoms with E-state index in [2.05, 4.69) is 0 Å². The lowest BCUT2D eigenvalue weighted by atomic mass is 9.65. The number of sulfone groups is 1. The van der Waals surface area contributed by atoms with Crippen molar-refractivity contribution >= 4 is 15.8 Å². The molecule has 2 atom stereocenters. The second-order valence-corrected chi connectivity index (χ2v) is 9.58. The first-order chi connectivity index (χ1) is 11.5. The van der Waals surface area contributed by atoms with E-state index in [9.17, 15) is 13.2 Å².